The van der Waals surface area contributed by atoms with Crippen LogP contribution in [-0.2, 0) is 19.4 Å². The zero-order valence-electron chi connectivity index (χ0n) is 13.8. The Kier molecular flexibility index (Phi) is 4.34. The molecule has 0 radical (unpaired) electrons. The summed E-state index contributed by atoms with van der Waals surface area (Å²) in [5.41, 5.74) is 4.03. The van der Waals surface area contributed by atoms with E-state index in [4.69, 9.17) is 4.52 Å². The first-order chi connectivity index (χ1) is 11.8. The highest BCUT2D eigenvalue weighted by Crippen LogP contribution is 2.27. The number of amides is 1. The Morgan fingerprint density at radius 1 is 1.21 bits per heavy atom. The molecule has 1 fully saturated rings. The molecule has 126 valence electrons. The molecule has 2 aromatic rings. The van der Waals surface area contributed by atoms with Crippen LogP contribution in [0.4, 0.5) is 0 Å². The van der Waals surface area contributed by atoms with E-state index in [1.165, 1.54) is 43.1 Å². The fourth-order valence-electron chi connectivity index (χ4n) is 3.63. The normalized spacial score (nSPS) is 18.5. The molecule has 2 heterocycles. The molecular formula is C19H23N3O2. The molecule has 24 heavy (non-hydrogen) atoms. The molecule has 1 saturated carbocycles. The van der Waals surface area contributed by atoms with E-state index in [2.05, 4.69) is 33.6 Å². The number of carbonyl (C=O) groups is 1. The van der Waals surface area contributed by atoms with Crippen molar-refractivity contribution in [3.8, 4) is 0 Å². The molecule has 1 aromatic carbocycles. The summed E-state index contributed by atoms with van der Waals surface area (Å²) in [5.74, 6) is 0.0273. The van der Waals surface area contributed by atoms with Crippen molar-refractivity contribution in [3.63, 3.8) is 0 Å². The predicted octanol–water partition coefficient (Wildman–Crippen LogP) is 2.56. The highest BCUT2D eigenvalue weighted by molar-refractivity contribution is 5.91. The Bertz CT molecular complexity index is 707. The molecule has 0 saturated heterocycles. The van der Waals surface area contributed by atoms with Crippen molar-refractivity contribution in [3.05, 3.63) is 52.9 Å². The molecule has 1 aromatic heterocycles. The van der Waals surface area contributed by atoms with Crippen LogP contribution in [0.2, 0.25) is 0 Å². The summed E-state index contributed by atoms with van der Waals surface area (Å²) in [7, 11) is 0. The zero-order valence-corrected chi connectivity index (χ0v) is 13.8. The second-order valence-electron chi connectivity index (χ2n) is 6.78. The van der Waals surface area contributed by atoms with Crippen LogP contribution in [0.5, 0.6) is 0 Å². The van der Waals surface area contributed by atoms with E-state index >= 15 is 0 Å². The third-order valence-electron chi connectivity index (χ3n) is 5.31. The number of hydrogen-bond acceptors (Lipinski definition) is 4. The minimum atomic E-state index is -0.224. The van der Waals surface area contributed by atoms with E-state index in [0.717, 1.165) is 31.0 Å². The minimum absolute atomic E-state index is 0.224. The lowest BCUT2D eigenvalue weighted by molar-refractivity contribution is 0.0914. The van der Waals surface area contributed by atoms with Gasteiger partial charge in [-0.2, -0.15) is 0 Å². The van der Waals surface area contributed by atoms with Gasteiger partial charge in [0.1, 0.15) is 0 Å². The number of benzene rings is 1. The molecule has 0 atom stereocenters. The van der Waals surface area contributed by atoms with Gasteiger partial charge in [0.25, 0.3) is 5.91 Å². The second kappa shape index (κ2) is 6.77. The molecule has 0 bridgehead atoms. The monoisotopic (exact) mass is 325 g/mol. The van der Waals surface area contributed by atoms with Crippen molar-refractivity contribution in [1.29, 1.82) is 0 Å². The van der Waals surface area contributed by atoms with Crippen LogP contribution in [0.15, 0.2) is 35.0 Å². The fourth-order valence-corrected chi connectivity index (χ4v) is 3.63. The molecule has 2 aliphatic rings. The Morgan fingerprint density at radius 2 is 2.04 bits per heavy atom. The fraction of sp³-hybridized carbons (Fsp3) is 0.474. The Morgan fingerprint density at radius 3 is 2.75 bits per heavy atom. The van der Waals surface area contributed by atoms with Gasteiger partial charge in [-0.25, -0.2) is 0 Å². The topological polar surface area (TPSA) is 58.4 Å². The Balaban J connectivity index is 1.39. The second-order valence-corrected chi connectivity index (χ2v) is 6.78. The van der Waals surface area contributed by atoms with E-state index in [1.807, 2.05) is 0 Å². The van der Waals surface area contributed by atoms with Crippen LogP contribution in [0.1, 0.15) is 46.5 Å². The third kappa shape index (κ3) is 3.22. The summed E-state index contributed by atoms with van der Waals surface area (Å²) in [5, 5.41) is 6.44. The summed E-state index contributed by atoms with van der Waals surface area (Å²) in [6, 6.07) is 9.00. The van der Waals surface area contributed by atoms with Crippen LogP contribution in [0, 0.1) is 0 Å². The average molecular weight is 325 g/mol. The highest BCUT2D eigenvalue weighted by atomic mass is 16.5. The maximum absolute atomic E-state index is 11.9. The molecule has 4 rings (SSSR count). The molecule has 1 aliphatic carbocycles. The summed E-state index contributed by atoms with van der Waals surface area (Å²) in [4.78, 5) is 14.6. The molecule has 5 heteroatoms. The number of fused-ring (bicyclic) bond motifs is 1. The number of nitrogens with zero attached hydrogens (tertiary/aromatic N) is 2. The van der Waals surface area contributed by atoms with Crippen molar-refractivity contribution >= 4 is 5.91 Å². The van der Waals surface area contributed by atoms with Gasteiger partial charge in [-0.1, -0.05) is 29.8 Å². The maximum atomic E-state index is 11.9. The Hall–Kier alpha value is -2.14. The minimum Gasteiger partial charge on any atom is -0.351 e. The average Bonchev–Trinajstić information content (AvgIpc) is 3.01. The molecule has 1 aliphatic heterocycles. The van der Waals surface area contributed by atoms with Gasteiger partial charge in [0.05, 0.1) is 6.20 Å². The summed E-state index contributed by atoms with van der Waals surface area (Å²) in [6.07, 6.45) is 7.85. The smallest absolute Gasteiger partial charge is 0.290 e. The van der Waals surface area contributed by atoms with E-state index in [0.29, 0.717) is 6.54 Å². The van der Waals surface area contributed by atoms with Gasteiger partial charge < -0.3 is 9.84 Å². The van der Waals surface area contributed by atoms with Crippen LogP contribution >= 0.6 is 0 Å². The first kappa shape index (κ1) is 15.4. The SMILES string of the molecule is O=C(NCc1ccc2c(c1)CCN(C1CCC1)CC2)c1ccno1. The van der Waals surface area contributed by atoms with Crippen molar-refractivity contribution in [2.24, 2.45) is 0 Å². The van der Waals surface area contributed by atoms with Crippen molar-refractivity contribution in [2.45, 2.75) is 44.7 Å². The van der Waals surface area contributed by atoms with Gasteiger partial charge in [0, 0.05) is 31.7 Å². The van der Waals surface area contributed by atoms with Crippen LogP contribution in [0.25, 0.3) is 0 Å². The quantitative estimate of drug-likeness (QED) is 0.938. The Labute approximate surface area is 142 Å². The van der Waals surface area contributed by atoms with Crippen LogP contribution in [-0.4, -0.2) is 35.1 Å². The van der Waals surface area contributed by atoms with E-state index < -0.39 is 0 Å². The van der Waals surface area contributed by atoms with E-state index in [9.17, 15) is 4.79 Å². The lowest BCUT2D eigenvalue weighted by Gasteiger charge is -2.36. The summed E-state index contributed by atoms with van der Waals surface area (Å²) in [6.45, 7) is 2.85. The first-order valence-corrected chi connectivity index (χ1v) is 8.83. The van der Waals surface area contributed by atoms with Crippen LogP contribution < -0.4 is 5.32 Å². The van der Waals surface area contributed by atoms with Crippen LogP contribution in [0.3, 0.4) is 0 Å². The van der Waals surface area contributed by atoms with Gasteiger partial charge in [-0.15, -0.1) is 0 Å². The molecule has 1 N–H and O–H groups in total. The largest absolute Gasteiger partial charge is 0.351 e. The molecule has 0 spiro atoms. The van der Waals surface area contributed by atoms with Crippen molar-refractivity contribution in [1.82, 2.24) is 15.4 Å². The van der Waals surface area contributed by atoms with Gasteiger partial charge in [-0.3, -0.25) is 9.69 Å². The van der Waals surface area contributed by atoms with E-state index in [-0.39, 0.29) is 11.7 Å². The molecule has 0 unspecified atom stereocenters. The molecular weight excluding hydrogens is 302 g/mol. The highest BCUT2D eigenvalue weighted by Gasteiger charge is 2.26. The summed E-state index contributed by atoms with van der Waals surface area (Å²) >= 11 is 0. The third-order valence-corrected chi connectivity index (χ3v) is 5.31. The standard InChI is InChI=1S/C19H23N3O2/c23-19(18-6-9-21-24-18)20-13-14-4-5-15-7-10-22(17-2-1-3-17)11-8-16(15)12-14/h4-6,9,12,17H,1-3,7-8,10-11,13H2,(H,20,23). The predicted molar refractivity (Wildman–Crippen MR) is 90.7 cm³/mol. The van der Waals surface area contributed by atoms with Gasteiger partial charge in [-0.05, 0) is 42.4 Å². The number of rotatable bonds is 4. The van der Waals surface area contributed by atoms with E-state index in [1.54, 1.807) is 6.07 Å². The first-order valence-electron chi connectivity index (χ1n) is 8.83. The van der Waals surface area contributed by atoms with Gasteiger partial charge in [0.15, 0.2) is 0 Å². The summed E-state index contributed by atoms with van der Waals surface area (Å²) < 4.78 is 4.87. The molecule has 1 amide bonds. The number of nitrogens with one attached hydrogen (secondary N) is 1. The van der Waals surface area contributed by atoms with Gasteiger partial charge in [0.2, 0.25) is 5.76 Å². The molecule has 5 nitrogen and oxygen atoms in total. The number of aromatic nitrogens is 1. The maximum Gasteiger partial charge on any atom is 0.290 e. The number of carbonyl (C=O) groups excluding carboxylic acids is 1. The lowest BCUT2D eigenvalue weighted by Crippen LogP contribution is -2.41. The lowest BCUT2D eigenvalue weighted by atomic mass is 9.91. The number of hydrogen-bond donors (Lipinski definition) is 1. The van der Waals surface area contributed by atoms with Crippen molar-refractivity contribution in [2.75, 3.05) is 13.1 Å². The van der Waals surface area contributed by atoms with Gasteiger partial charge >= 0.3 is 0 Å². The van der Waals surface area contributed by atoms with Crippen molar-refractivity contribution < 1.29 is 9.32 Å². The zero-order chi connectivity index (χ0) is 16.4.